The van der Waals surface area contributed by atoms with Crippen molar-refractivity contribution in [2.75, 3.05) is 24.6 Å². The molecule has 1 saturated heterocycles. The van der Waals surface area contributed by atoms with Crippen LogP contribution in [0.5, 0.6) is 0 Å². The number of aliphatic hydroxyl groups is 4. The Morgan fingerprint density at radius 1 is 1.30 bits per heavy atom. The highest BCUT2D eigenvalue weighted by molar-refractivity contribution is 7.88. The summed E-state index contributed by atoms with van der Waals surface area (Å²) in [6.07, 6.45) is -5.01. The van der Waals surface area contributed by atoms with Crippen LogP contribution < -0.4 is 4.31 Å². The Labute approximate surface area is 133 Å². The van der Waals surface area contributed by atoms with E-state index in [9.17, 15) is 28.8 Å². The number of hydrogen-bond donors (Lipinski definition) is 4. The fourth-order valence-corrected chi connectivity index (χ4v) is 2.88. The molecule has 4 N–H and O–H groups in total. The van der Waals surface area contributed by atoms with E-state index in [0.717, 1.165) is 4.31 Å². The minimum Gasteiger partial charge on any atom is -0.388 e. The van der Waals surface area contributed by atoms with Crippen molar-refractivity contribution in [2.24, 2.45) is 0 Å². The van der Waals surface area contributed by atoms with Crippen molar-refractivity contribution in [3.05, 3.63) is 30.3 Å². The Kier molecular flexibility index (Phi) is 5.26. The molecule has 1 aromatic carbocycles. The molecular formula is C13H19NO8S. The third kappa shape index (κ3) is 3.80. The summed E-state index contributed by atoms with van der Waals surface area (Å²) in [6, 6.07) is 8.08. The summed E-state index contributed by atoms with van der Waals surface area (Å²) in [7, 11) is -3.01. The van der Waals surface area contributed by atoms with Crippen LogP contribution in [-0.2, 0) is 19.2 Å². The molecule has 9 nitrogen and oxygen atoms in total. The number of para-hydroxylation sites is 1. The van der Waals surface area contributed by atoms with E-state index in [2.05, 4.69) is 0 Å². The van der Waals surface area contributed by atoms with Crippen molar-refractivity contribution < 1.29 is 37.8 Å². The number of hydrogen-bond acceptors (Lipinski definition) is 8. The molecule has 0 spiro atoms. The molecular weight excluding hydrogens is 330 g/mol. The van der Waals surface area contributed by atoms with Gasteiger partial charge in [-0.2, -0.15) is 8.42 Å². The topological polar surface area (TPSA) is 137 Å². The summed E-state index contributed by atoms with van der Waals surface area (Å²) in [6.45, 7) is -1.43. The summed E-state index contributed by atoms with van der Waals surface area (Å²) < 4.78 is 34.6. The van der Waals surface area contributed by atoms with Gasteiger partial charge in [0.25, 0.3) is 0 Å². The molecule has 1 heterocycles. The van der Waals surface area contributed by atoms with E-state index in [1.807, 2.05) is 0 Å². The van der Waals surface area contributed by atoms with Crippen molar-refractivity contribution in [3.63, 3.8) is 0 Å². The van der Waals surface area contributed by atoms with Gasteiger partial charge in [0, 0.05) is 7.05 Å². The van der Waals surface area contributed by atoms with Crippen molar-refractivity contribution in [3.8, 4) is 0 Å². The van der Waals surface area contributed by atoms with E-state index in [0.29, 0.717) is 5.69 Å². The van der Waals surface area contributed by atoms with E-state index in [-0.39, 0.29) is 0 Å². The van der Waals surface area contributed by atoms with Gasteiger partial charge < -0.3 is 25.2 Å². The smallest absolute Gasteiger partial charge is 0.362 e. The fraction of sp³-hybridized carbons (Fsp3) is 0.538. The van der Waals surface area contributed by atoms with Crippen molar-refractivity contribution in [2.45, 2.75) is 24.1 Å². The molecule has 1 fully saturated rings. The van der Waals surface area contributed by atoms with Crippen LogP contribution in [0.3, 0.4) is 0 Å². The van der Waals surface area contributed by atoms with Gasteiger partial charge in [0.05, 0.1) is 12.3 Å². The molecule has 1 aromatic rings. The zero-order valence-electron chi connectivity index (χ0n) is 12.3. The Bertz CT molecular complexity index is 624. The Morgan fingerprint density at radius 2 is 1.91 bits per heavy atom. The van der Waals surface area contributed by atoms with Crippen molar-refractivity contribution in [1.82, 2.24) is 0 Å². The van der Waals surface area contributed by atoms with Crippen LogP contribution in [0.1, 0.15) is 0 Å². The molecule has 1 aliphatic rings. The van der Waals surface area contributed by atoms with Crippen LogP contribution in [0.15, 0.2) is 30.3 Å². The number of ether oxygens (including phenoxy) is 1. The Morgan fingerprint density at radius 3 is 2.52 bits per heavy atom. The highest BCUT2D eigenvalue weighted by Crippen LogP contribution is 2.26. The molecule has 4 atom stereocenters. The average molecular weight is 349 g/mol. The first-order valence-corrected chi connectivity index (χ1v) is 8.13. The van der Waals surface area contributed by atoms with Gasteiger partial charge in [-0.25, -0.2) is 4.18 Å². The summed E-state index contributed by atoms with van der Waals surface area (Å²) >= 11 is 0. The van der Waals surface area contributed by atoms with Crippen LogP contribution in [0.25, 0.3) is 0 Å². The number of nitrogens with zero attached hydrogens (tertiary/aromatic N) is 1. The van der Waals surface area contributed by atoms with Crippen molar-refractivity contribution in [1.29, 1.82) is 0 Å². The third-order valence-corrected chi connectivity index (χ3v) is 4.85. The zero-order chi connectivity index (χ0) is 17.3. The van der Waals surface area contributed by atoms with E-state index < -0.39 is 47.6 Å². The molecule has 0 aromatic heterocycles. The van der Waals surface area contributed by atoms with Crippen LogP contribution in [-0.4, -0.2) is 73.2 Å². The maximum absolute atomic E-state index is 12.1. The lowest BCUT2D eigenvalue weighted by atomic mass is 9.98. The highest BCUT2D eigenvalue weighted by Gasteiger charge is 2.49. The van der Waals surface area contributed by atoms with E-state index in [1.165, 1.54) is 7.05 Å². The van der Waals surface area contributed by atoms with Crippen LogP contribution >= 0.6 is 0 Å². The van der Waals surface area contributed by atoms with Gasteiger partial charge >= 0.3 is 10.3 Å². The third-order valence-electron chi connectivity index (χ3n) is 3.55. The predicted octanol–water partition coefficient (Wildman–Crippen LogP) is -1.81. The summed E-state index contributed by atoms with van der Waals surface area (Å²) in [5.41, 5.74) is 0.333. The number of aliphatic hydroxyl groups excluding tert-OH is 3. The molecule has 0 unspecified atom stereocenters. The molecule has 0 bridgehead atoms. The monoisotopic (exact) mass is 349 g/mol. The van der Waals surface area contributed by atoms with Gasteiger partial charge in [-0.05, 0) is 12.1 Å². The minimum atomic E-state index is -4.27. The normalized spacial score (nSPS) is 31.8. The van der Waals surface area contributed by atoms with Gasteiger partial charge in [-0.1, -0.05) is 18.2 Å². The molecule has 0 radical (unpaired) electrons. The van der Waals surface area contributed by atoms with Crippen LogP contribution in [0.2, 0.25) is 0 Å². The van der Waals surface area contributed by atoms with E-state index in [1.54, 1.807) is 30.3 Å². The van der Waals surface area contributed by atoms with Crippen molar-refractivity contribution >= 4 is 16.0 Å². The second kappa shape index (κ2) is 6.69. The molecule has 0 amide bonds. The average Bonchev–Trinajstić information content (AvgIpc) is 2.55. The van der Waals surface area contributed by atoms with Gasteiger partial charge in [0.2, 0.25) is 5.79 Å². The van der Waals surface area contributed by atoms with Gasteiger partial charge in [-0.15, -0.1) is 0 Å². The SMILES string of the molecule is CN(c1ccccc1)S(=O)(=O)OC[C@@]1(O)OC[C@@H](O)[C@@H](O)[C@@H]1O. The summed E-state index contributed by atoms with van der Waals surface area (Å²) in [4.78, 5) is 0. The molecule has 2 rings (SSSR count). The molecule has 10 heteroatoms. The number of benzene rings is 1. The van der Waals surface area contributed by atoms with Gasteiger partial charge in [0.1, 0.15) is 24.9 Å². The summed E-state index contributed by atoms with van der Waals surface area (Å²) in [5.74, 6) is -2.46. The molecule has 0 saturated carbocycles. The lowest BCUT2D eigenvalue weighted by Crippen LogP contribution is -2.63. The Balaban J connectivity index is 2.07. The first-order chi connectivity index (χ1) is 10.7. The summed E-state index contributed by atoms with van der Waals surface area (Å²) in [5, 5.41) is 38.7. The number of rotatable bonds is 5. The lowest BCUT2D eigenvalue weighted by molar-refractivity contribution is -0.328. The first kappa shape index (κ1) is 18.1. The second-order valence-corrected chi connectivity index (χ2v) is 6.82. The molecule has 1 aliphatic heterocycles. The molecule has 23 heavy (non-hydrogen) atoms. The maximum atomic E-state index is 12.1. The Hall–Kier alpha value is -1.27. The molecule has 0 aliphatic carbocycles. The van der Waals surface area contributed by atoms with E-state index >= 15 is 0 Å². The lowest BCUT2D eigenvalue weighted by Gasteiger charge is -2.41. The predicted molar refractivity (Wildman–Crippen MR) is 78.6 cm³/mol. The van der Waals surface area contributed by atoms with Gasteiger partial charge in [-0.3, -0.25) is 4.31 Å². The standard InChI is InChI=1S/C13H19NO8S/c1-14(9-5-3-2-4-6-9)23(19,20)22-8-13(18)12(17)11(16)10(15)7-21-13/h2-6,10-12,15-18H,7-8H2,1H3/t10-,11-,12+,13-/m1/s1. The highest BCUT2D eigenvalue weighted by atomic mass is 32.2. The van der Waals surface area contributed by atoms with Gasteiger partial charge in [0.15, 0.2) is 0 Å². The van der Waals surface area contributed by atoms with E-state index in [4.69, 9.17) is 8.92 Å². The largest absolute Gasteiger partial charge is 0.388 e. The van der Waals surface area contributed by atoms with Crippen LogP contribution in [0.4, 0.5) is 5.69 Å². The quantitative estimate of drug-likeness (QED) is 0.488. The minimum absolute atomic E-state index is 0.333. The maximum Gasteiger partial charge on any atom is 0.362 e. The van der Waals surface area contributed by atoms with Crippen LogP contribution in [0, 0.1) is 0 Å². The second-order valence-electron chi connectivity index (χ2n) is 5.18. The first-order valence-electron chi connectivity index (χ1n) is 6.76. The number of anilines is 1. The zero-order valence-corrected chi connectivity index (χ0v) is 13.1. The fourth-order valence-electron chi connectivity index (χ4n) is 2.02. The molecule has 130 valence electrons.